The van der Waals surface area contributed by atoms with Crippen LogP contribution in [0.2, 0.25) is 0 Å². The van der Waals surface area contributed by atoms with Crippen LogP contribution in [-0.2, 0) is 0 Å². The van der Waals surface area contributed by atoms with Crippen molar-refractivity contribution in [1.82, 2.24) is 9.97 Å². The van der Waals surface area contributed by atoms with Crippen molar-refractivity contribution in [2.45, 2.75) is 23.3 Å². The Kier molecular flexibility index (Phi) is 4.52. The highest BCUT2D eigenvalue weighted by atomic mass is 32.2. The summed E-state index contributed by atoms with van der Waals surface area (Å²) in [6.45, 7) is 2.95. The molecule has 2 rings (SSSR count). The highest BCUT2D eigenvalue weighted by Crippen LogP contribution is 2.28. The van der Waals surface area contributed by atoms with E-state index in [2.05, 4.69) is 22.2 Å². The highest BCUT2D eigenvalue weighted by Gasteiger charge is 2.05. The number of hydrogen-bond acceptors (Lipinski definition) is 4. The molecule has 0 saturated heterocycles. The van der Waals surface area contributed by atoms with E-state index >= 15 is 0 Å². The topological polar surface area (TPSA) is 37.8 Å². The standard InChI is InChI=1S/C13H14FN3S/c1-2-7-15-12-8-13(17-9-16-12)18-11-6-4-3-5-10(11)14/h3-6,8-9H,2,7H2,1H3,(H,15,16,17). The van der Waals surface area contributed by atoms with E-state index in [4.69, 9.17) is 0 Å². The van der Waals surface area contributed by atoms with Crippen molar-refractivity contribution in [2.75, 3.05) is 11.9 Å². The van der Waals surface area contributed by atoms with Crippen molar-refractivity contribution in [3.63, 3.8) is 0 Å². The third kappa shape index (κ3) is 3.43. The lowest BCUT2D eigenvalue weighted by Crippen LogP contribution is -2.02. The van der Waals surface area contributed by atoms with Gasteiger partial charge in [-0.1, -0.05) is 30.8 Å². The SMILES string of the molecule is CCCNc1cc(Sc2ccccc2F)ncn1. The maximum atomic E-state index is 13.5. The molecule has 18 heavy (non-hydrogen) atoms. The lowest BCUT2D eigenvalue weighted by Gasteiger charge is -2.05. The summed E-state index contributed by atoms with van der Waals surface area (Å²) in [7, 11) is 0. The van der Waals surface area contributed by atoms with Crippen LogP contribution < -0.4 is 5.32 Å². The molecule has 0 aliphatic heterocycles. The minimum Gasteiger partial charge on any atom is -0.370 e. The fourth-order valence-electron chi connectivity index (χ4n) is 1.39. The van der Waals surface area contributed by atoms with Crippen molar-refractivity contribution < 1.29 is 4.39 Å². The molecule has 2 aromatic rings. The molecular formula is C13H14FN3S. The fourth-order valence-corrected chi connectivity index (χ4v) is 2.19. The summed E-state index contributed by atoms with van der Waals surface area (Å²) in [5.41, 5.74) is 0. The summed E-state index contributed by atoms with van der Waals surface area (Å²) >= 11 is 1.30. The second-order valence-electron chi connectivity index (χ2n) is 3.70. The molecule has 0 aliphatic rings. The molecule has 1 heterocycles. The Morgan fingerprint density at radius 1 is 1.28 bits per heavy atom. The molecule has 0 bridgehead atoms. The van der Waals surface area contributed by atoms with Gasteiger partial charge in [-0.15, -0.1) is 0 Å². The molecule has 5 heteroatoms. The van der Waals surface area contributed by atoms with Gasteiger partial charge in [0, 0.05) is 17.5 Å². The van der Waals surface area contributed by atoms with E-state index in [0.717, 1.165) is 23.8 Å². The molecule has 1 aromatic heterocycles. The van der Waals surface area contributed by atoms with E-state index in [1.54, 1.807) is 12.1 Å². The number of benzene rings is 1. The van der Waals surface area contributed by atoms with E-state index < -0.39 is 0 Å². The lowest BCUT2D eigenvalue weighted by molar-refractivity contribution is 0.602. The molecule has 0 aliphatic carbocycles. The highest BCUT2D eigenvalue weighted by molar-refractivity contribution is 7.99. The van der Waals surface area contributed by atoms with Gasteiger partial charge in [-0.2, -0.15) is 0 Å². The zero-order chi connectivity index (χ0) is 12.8. The van der Waals surface area contributed by atoms with Crippen molar-refractivity contribution in [2.24, 2.45) is 0 Å². The van der Waals surface area contributed by atoms with E-state index in [9.17, 15) is 4.39 Å². The zero-order valence-electron chi connectivity index (χ0n) is 10.1. The second-order valence-corrected chi connectivity index (χ2v) is 4.76. The van der Waals surface area contributed by atoms with Crippen LogP contribution in [0.5, 0.6) is 0 Å². The van der Waals surface area contributed by atoms with E-state index in [-0.39, 0.29) is 5.82 Å². The zero-order valence-corrected chi connectivity index (χ0v) is 10.9. The summed E-state index contributed by atoms with van der Waals surface area (Å²) < 4.78 is 13.5. The Morgan fingerprint density at radius 2 is 2.11 bits per heavy atom. The van der Waals surface area contributed by atoms with Crippen LogP contribution in [-0.4, -0.2) is 16.5 Å². The summed E-state index contributed by atoms with van der Waals surface area (Å²) in [5, 5.41) is 3.91. The molecule has 0 amide bonds. The molecule has 3 nitrogen and oxygen atoms in total. The van der Waals surface area contributed by atoms with Crippen molar-refractivity contribution in [1.29, 1.82) is 0 Å². The number of rotatable bonds is 5. The van der Waals surface area contributed by atoms with Crippen molar-refractivity contribution in [3.05, 3.63) is 42.5 Å². The Hall–Kier alpha value is -1.62. The van der Waals surface area contributed by atoms with Crippen molar-refractivity contribution >= 4 is 17.6 Å². The first-order chi connectivity index (χ1) is 8.79. The second kappa shape index (κ2) is 6.35. The molecule has 1 N–H and O–H groups in total. The minimum absolute atomic E-state index is 0.232. The fraction of sp³-hybridized carbons (Fsp3) is 0.231. The summed E-state index contributed by atoms with van der Waals surface area (Å²) in [6.07, 6.45) is 2.51. The molecule has 94 valence electrons. The first-order valence-electron chi connectivity index (χ1n) is 5.78. The number of aromatic nitrogens is 2. The predicted octanol–water partition coefficient (Wildman–Crippen LogP) is 3.59. The van der Waals surface area contributed by atoms with E-state index in [0.29, 0.717) is 4.90 Å². The van der Waals surface area contributed by atoms with Crippen LogP contribution in [0.3, 0.4) is 0 Å². The number of anilines is 1. The molecule has 0 atom stereocenters. The lowest BCUT2D eigenvalue weighted by atomic mass is 10.3. The average molecular weight is 263 g/mol. The van der Waals surface area contributed by atoms with Gasteiger partial charge in [0.05, 0.1) is 0 Å². The number of halogens is 1. The summed E-state index contributed by atoms with van der Waals surface area (Å²) in [4.78, 5) is 8.81. The van der Waals surface area contributed by atoms with Crippen molar-refractivity contribution in [3.8, 4) is 0 Å². The van der Waals surface area contributed by atoms with E-state index in [1.807, 2.05) is 12.1 Å². The third-order valence-corrected chi connectivity index (χ3v) is 3.23. The van der Waals surface area contributed by atoms with Gasteiger partial charge in [0.15, 0.2) is 0 Å². The molecule has 0 saturated carbocycles. The Morgan fingerprint density at radius 3 is 2.89 bits per heavy atom. The van der Waals surface area contributed by atoms with Gasteiger partial charge in [-0.05, 0) is 18.6 Å². The van der Waals surface area contributed by atoms with Gasteiger partial charge in [0.2, 0.25) is 0 Å². The van der Waals surface area contributed by atoms with Gasteiger partial charge in [0.1, 0.15) is 23.0 Å². The van der Waals surface area contributed by atoms with Crippen LogP contribution >= 0.6 is 11.8 Å². The van der Waals surface area contributed by atoms with Gasteiger partial charge in [0.25, 0.3) is 0 Å². The molecular weight excluding hydrogens is 249 g/mol. The van der Waals surface area contributed by atoms with Crippen LogP contribution in [0.4, 0.5) is 10.2 Å². The largest absolute Gasteiger partial charge is 0.370 e. The first-order valence-corrected chi connectivity index (χ1v) is 6.59. The van der Waals surface area contributed by atoms with Crippen LogP contribution in [0.1, 0.15) is 13.3 Å². The number of hydrogen-bond donors (Lipinski definition) is 1. The van der Waals surface area contributed by atoms with Crippen LogP contribution in [0.15, 0.2) is 46.6 Å². The molecule has 0 spiro atoms. The van der Waals surface area contributed by atoms with Gasteiger partial charge in [-0.3, -0.25) is 0 Å². The molecule has 0 unspecified atom stereocenters. The quantitative estimate of drug-likeness (QED) is 0.837. The number of nitrogens with zero attached hydrogens (tertiary/aromatic N) is 2. The van der Waals surface area contributed by atoms with E-state index in [1.165, 1.54) is 24.2 Å². The summed E-state index contributed by atoms with van der Waals surface area (Å²) in [5.74, 6) is 0.537. The maximum Gasteiger partial charge on any atom is 0.137 e. The first kappa shape index (κ1) is 12.8. The Balaban J connectivity index is 2.12. The van der Waals surface area contributed by atoms with Crippen LogP contribution in [0, 0.1) is 5.82 Å². The minimum atomic E-state index is -0.232. The molecule has 1 aromatic carbocycles. The van der Waals surface area contributed by atoms with Gasteiger partial charge >= 0.3 is 0 Å². The van der Waals surface area contributed by atoms with Gasteiger partial charge < -0.3 is 5.32 Å². The normalized spacial score (nSPS) is 10.3. The molecule has 0 radical (unpaired) electrons. The predicted molar refractivity (Wildman–Crippen MR) is 71.3 cm³/mol. The smallest absolute Gasteiger partial charge is 0.137 e. The average Bonchev–Trinajstić information content (AvgIpc) is 2.40. The maximum absolute atomic E-state index is 13.5. The van der Waals surface area contributed by atoms with Gasteiger partial charge in [-0.25, -0.2) is 14.4 Å². The number of nitrogens with one attached hydrogen (secondary N) is 1. The molecule has 0 fully saturated rings. The third-order valence-electron chi connectivity index (χ3n) is 2.25. The Labute approximate surface area is 110 Å². The summed E-state index contributed by atoms with van der Waals surface area (Å²) in [6, 6.07) is 8.49. The monoisotopic (exact) mass is 263 g/mol. The Bertz CT molecular complexity index is 519. The van der Waals surface area contributed by atoms with Crippen LogP contribution in [0.25, 0.3) is 0 Å².